The molecule has 0 aliphatic heterocycles. The van der Waals surface area contributed by atoms with Crippen LogP contribution in [0.3, 0.4) is 0 Å². The normalized spacial score (nSPS) is 13.7. The van der Waals surface area contributed by atoms with Crippen LogP contribution in [-0.2, 0) is 0 Å². The summed E-state index contributed by atoms with van der Waals surface area (Å²) in [4.78, 5) is 0. The van der Waals surface area contributed by atoms with Gasteiger partial charge in [-0.1, -0.05) is 0 Å². The Labute approximate surface area is 390 Å². The molecule has 1 saturated carbocycles. The van der Waals surface area contributed by atoms with Crippen LogP contribution in [0.5, 0.6) is 0 Å². The SMILES string of the molecule is CC(=C1C(=C(C#N)c2c(F)c(F)c(-c3c(F)c(F)c(F)c(F)c3F)c(F)c2F)C1=C(C#N)c1c(F)c(F)c(-c2c(F)c(F)c(F)c(F)c2F)c(F)c1F)c1c(F)c(C)c(-c2c(F)c(F)c(F)c(F)c2F)c(F)c1F. The molecule has 0 radical (unpaired) electrons. The smallest absolute Gasteiger partial charge is 0.200 e. The third-order valence-electron chi connectivity index (χ3n) is 11.1. The Balaban J connectivity index is 1.65. The Hall–Kier alpha value is -8.30. The second kappa shape index (κ2) is 18.3. The average Bonchev–Trinajstić information content (AvgIpc) is 4.10. The zero-order valence-electron chi connectivity index (χ0n) is 34.7. The number of halogens is 26. The maximum absolute atomic E-state index is 16.4. The van der Waals surface area contributed by atoms with Crippen molar-refractivity contribution < 1.29 is 114 Å². The minimum atomic E-state index is -3.19. The largest absolute Gasteiger partial charge is 0.206 e. The van der Waals surface area contributed by atoms with Crippen molar-refractivity contribution in [1.29, 1.82) is 10.5 Å². The third kappa shape index (κ3) is 7.26. The zero-order valence-corrected chi connectivity index (χ0v) is 34.7. The van der Waals surface area contributed by atoms with E-state index in [1.54, 1.807) is 0 Å². The van der Waals surface area contributed by atoms with Crippen molar-refractivity contribution in [1.82, 2.24) is 0 Å². The van der Waals surface area contributed by atoms with E-state index in [1.165, 1.54) is 0 Å². The van der Waals surface area contributed by atoms with Gasteiger partial charge in [0.2, 0.25) is 17.5 Å². The molecule has 382 valence electrons. The van der Waals surface area contributed by atoms with Crippen molar-refractivity contribution in [2.45, 2.75) is 13.8 Å². The monoisotopic (exact) mass is 1080 g/mol. The number of rotatable bonds is 6. The quantitative estimate of drug-likeness (QED) is 0.0722. The van der Waals surface area contributed by atoms with Crippen LogP contribution in [0.15, 0.2) is 16.7 Å². The number of benzene rings is 6. The van der Waals surface area contributed by atoms with Crippen LogP contribution in [0.2, 0.25) is 0 Å². The van der Waals surface area contributed by atoms with Gasteiger partial charge in [0.15, 0.2) is 128 Å². The summed E-state index contributed by atoms with van der Waals surface area (Å²) in [6, 6.07) is 1.49. The molecule has 0 N–H and O–H groups in total. The molecule has 0 amide bonds. The van der Waals surface area contributed by atoms with E-state index in [0.717, 1.165) is 12.1 Å². The molecule has 6 aromatic rings. The lowest BCUT2D eigenvalue weighted by Crippen LogP contribution is -2.11. The number of hydrogen-bond acceptors (Lipinski definition) is 2. The Kier molecular flexibility index (Phi) is 13.2. The van der Waals surface area contributed by atoms with E-state index < -0.39 is 240 Å². The van der Waals surface area contributed by atoms with Crippen LogP contribution in [0.4, 0.5) is 114 Å². The lowest BCUT2D eigenvalue weighted by atomic mass is 9.92. The summed E-state index contributed by atoms with van der Waals surface area (Å²) < 4.78 is 390. The first-order chi connectivity index (χ1) is 34.4. The second-order valence-electron chi connectivity index (χ2n) is 14.9. The predicted molar refractivity (Wildman–Crippen MR) is 197 cm³/mol. The summed E-state index contributed by atoms with van der Waals surface area (Å²) in [6.45, 7) is 0.477. The number of hydrogen-bond donors (Lipinski definition) is 0. The molecule has 1 aliphatic carbocycles. The van der Waals surface area contributed by atoms with Gasteiger partial charge >= 0.3 is 0 Å². The van der Waals surface area contributed by atoms with Crippen LogP contribution in [-0.4, -0.2) is 0 Å². The summed E-state index contributed by atoms with van der Waals surface area (Å²) in [5, 5.41) is 20.4. The van der Waals surface area contributed by atoms with Gasteiger partial charge in [0.1, 0.15) is 18.0 Å². The molecular weight excluding hydrogens is 1070 g/mol. The van der Waals surface area contributed by atoms with Gasteiger partial charge in [0.25, 0.3) is 0 Å². The molecule has 7 rings (SSSR count). The summed E-state index contributed by atoms with van der Waals surface area (Å²) in [5.41, 5.74) is -35.5. The molecular formula is C46H6F26N2. The van der Waals surface area contributed by atoms with Gasteiger partial charge in [-0.15, -0.1) is 0 Å². The first-order valence-corrected chi connectivity index (χ1v) is 18.9. The highest BCUT2D eigenvalue weighted by Gasteiger charge is 2.46. The molecule has 0 bridgehead atoms. The van der Waals surface area contributed by atoms with E-state index in [0.29, 0.717) is 0 Å². The van der Waals surface area contributed by atoms with Crippen molar-refractivity contribution in [2.24, 2.45) is 0 Å². The molecule has 0 atom stereocenters. The van der Waals surface area contributed by atoms with Crippen LogP contribution in [0.25, 0.3) is 50.1 Å². The average molecular weight is 1080 g/mol. The van der Waals surface area contributed by atoms with E-state index in [4.69, 9.17) is 0 Å². The molecule has 0 spiro atoms. The first kappa shape index (κ1) is 53.5. The van der Waals surface area contributed by atoms with Crippen LogP contribution in [0, 0.1) is 181 Å². The molecule has 1 fully saturated rings. The Morgan fingerprint density at radius 3 is 0.676 bits per heavy atom. The van der Waals surface area contributed by atoms with Crippen LogP contribution >= 0.6 is 0 Å². The topological polar surface area (TPSA) is 47.6 Å². The van der Waals surface area contributed by atoms with Gasteiger partial charge in [0, 0.05) is 16.7 Å². The fourth-order valence-corrected chi connectivity index (χ4v) is 7.68. The van der Waals surface area contributed by atoms with Crippen molar-refractivity contribution in [2.75, 3.05) is 0 Å². The van der Waals surface area contributed by atoms with E-state index in [1.807, 2.05) is 0 Å². The van der Waals surface area contributed by atoms with Gasteiger partial charge in [-0.05, 0) is 30.6 Å². The molecule has 0 aromatic heterocycles. The molecule has 28 heteroatoms. The Bertz CT molecular complexity index is 3490. The van der Waals surface area contributed by atoms with E-state index >= 15 is 48.3 Å². The van der Waals surface area contributed by atoms with E-state index in [2.05, 4.69) is 0 Å². The van der Waals surface area contributed by atoms with Gasteiger partial charge < -0.3 is 0 Å². The Morgan fingerprint density at radius 2 is 0.432 bits per heavy atom. The highest BCUT2D eigenvalue weighted by molar-refractivity contribution is 6.10. The van der Waals surface area contributed by atoms with Gasteiger partial charge in [0.05, 0.1) is 55.7 Å². The molecule has 0 unspecified atom stereocenters. The molecule has 0 heterocycles. The van der Waals surface area contributed by atoms with Gasteiger partial charge in [-0.2, -0.15) is 10.5 Å². The number of allylic oxidation sites excluding steroid dienone is 6. The van der Waals surface area contributed by atoms with E-state index in [-0.39, 0.29) is 13.8 Å². The van der Waals surface area contributed by atoms with Gasteiger partial charge in [-0.25, -0.2) is 114 Å². The van der Waals surface area contributed by atoms with Crippen molar-refractivity contribution in [3.8, 4) is 45.5 Å². The predicted octanol–water partition coefficient (Wildman–Crippen LogP) is 15.4. The maximum atomic E-state index is 16.4. The number of nitrogens with zero attached hydrogens (tertiary/aromatic N) is 2. The maximum Gasteiger partial charge on any atom is 0.200 e. The lowest BCUT2D eigenvalue weighted by Gasteiger charge is -2.16. The van der Waals surface area contributed by atoms with Crippen molar-refractivity contribution >= 4 is 16.7 Å². The zero-order chi connectivity index (χ0) is 55.7. The minimum absolute atomic E-state index is 0.235. The standard InChI is InChI=1S/C46H6F26N2/c1-5(11-21(47)6(2)10(22(48)23(11)49)16-32(58)38(64)44(70)39(65)33(16)59)9-12(7(3-73)14-24(50)28(54)17(29(55)25(14)51)19-34(60)40(66)45(71)41(67)35(19)61)13(9)8(4-74)15-26(52)30(56)18(31(57)27(15)53)20-36(62)42(68)46(72)43(69)37(20)63/h1-2H3. The lowest BCUT2D eigenvalue weighted by molar-refractivity contribution is 0.379. The molecule has 6 aromatic carbocycles. The molecule has 0 saturated heterocycles. The minimum Gasteiger partial charge on any atom is -0.206 e. The summed E-state index contributed by atoms with van der Waals surface area (Å²) in [6.07, 6.45) is 0. The molecule has 1 aliphatic rings. The third-order valence-corrected chi connectivity index (χ3v) is 11.1. The summed E-state index contributed by atoms with van der Waals surface area (Å²) in [7, 11) is 0. The van der Waals surface area contributed by atoms with Gasteiger partial charge in [-0.3, -0.25) is 0 Å². The first-order valence-electron chi connectivity index (χ1n) is 18.9. The fraction of sp³-hybridized carbons (Fsp3) is 0.0435. The molecule has 74 heavy (non-hydrogen) atoms. The van der Waals surface area contributed by atoms with Crippen LogP contribution < -0.4 is 0 Å². The van der Waals surface area contributed by atoms with Crippen molar-refractivity contribution in [3.05, 3.63) is 190 Å². The fourth-order valence-electron chi connectivity index (χ4n) is 7.68. The highest BCUT2D eigenvalue weighted by Crippen LogP contribution is 2.58. The molecule has 2 nitrogen and oxygen atoms in total. The number of nitriles is 2. The van der Waals surface area contributed by atoms with Crippen molar-refractivity contribution in [3.63, 3.8) is 0 Å². The van der Waals surface area contributed by atoms with E-state index in [9.17, 15) is 76.4 Å². The summed E-state index contributed by atoms with van der Waals surface area (Å²) >= 11 is 0. The van der Waals surface area contributed by atoms with Crippen LogP contribution in [0.1, 0.15) is 29.2 Å². The summed E-state index contributed by atoms with van der Waals surface area (Å²) in [5.74, 6) is -78.3. The Morgan fingerprint density at radius 1 is 0.243 bits per heavy atom. The second-order valence-corrected chi connectivity index (χ2v) is 14.9. The highest BCUT2D eigenvalue weighted by atomic mass is 19.2.